The van der Waals surface area contributed by atoms with Crippen LogP contribution >= 0.6 is 0 Å². The van der Waals surface area contributed by atoms with Crippen molar-refractivity contribution in [1.29, 1.82) is 0 Å². The zero-order chi connectivity index (χ0) is 9.78. The fourth-order valence-corrected chi connectivity index (χ4v) is 1.08. The van der Waals surface area contributed by atoms with Gasteiger partial charge in [0.1, 0.15) is 0 Å². The molecule has 0 aliphatic heterocycles. The number of rotatable bonds is 4. The van der Waals surface area contributed by atoms with Crippen molar-refractivity contribution < 1.29 is 0 Å². The summed E-state index contributed by atoms with van der Waals surface area (Å²) in [7, 11) is 1.97. The van der Waals surface area contributed by atoms with Crippen molar-refractivity contribution in [2.24, 2.45) is 5.41 Å². The van der Waals surface area contributed by atoms with Crippen LogP contribution in [0, 0.1) is 5.41 Å². The van der Waals surface area contributed by atoms with Crippen molar-refractivity contribution in [2.45, 2.75) is 33.7 Å². The van der Waals surface area contributed by atoms with Crippen LogP contribution in [0.3, 0.4) is 0 Å². The molecule has 0 amide bonds. The average molecular weight is 170 g/mol. The number of hydrogen-bond donors (Lipinski definition) is 2. The summed E-state index contributed by atoms with van der Waals surface area (Å²) in [6, 6.07) is 0.444. The summed E-state index contributed by atoms with van der Waals surface area (Å²) in [6.07, 6.45) is 0. The molecule has 2 heteroatoms. The molecule has 0 rings (SSSR count). The normalized spacial score (nSPS) is 14.1. The largest absolute Gasteiger partial charge is 0.385 e. The van der Waals surface area contributed by atoms with Crippen molar-refractivity contribution in [2.75, 3.05) is 13.6 Å². The van der Waals surface area contributed by atoms with E-state index < -0.39 is 0 Å². The van der Waals surface area contributed by atoms with E-state index >= 15 is 0 Å². The number of hydrogen-bond acceptors (Lipinski definition) is 2. The molecular weight excluding hydrogens is 148 g/mol. The van der Waals surface area contributed by atoms with Crippen molar-refractivity contribution in [3.05, 3.63) is 12.3 Å². The quantitative estimate of drug-likeness (QED) is 0.671. The number of likely N-dealkylation sites (N-methyl/N-ethyl adjacent to an activating group) is 1. The predicted molar refractivity (Wildman–Crippen MR) is 55.1 cm³/mol. The lowest BCUT2D eigenvalue weighted by Gasteiger charge is -2.32. The molecule has 12 heavy (non-hydrogen) atoms. The smallest absolute Gasteiger partial charge is 0.0430 e. The van der Waals surface area contributed by atoms with E-state index in [1.54, 1.807) is 0 Å². The molecule has 1 atom stereocenters. The van der Waals surface area contributed by atoms with Crippen LogP contribution < -0.4 is 10.6 Å². The summed E-state index contributed by atoms with van der Waals surface area (Å²) in [4.78, 5) is 0. The fraction of sp³-hybridized carbons (Fsp3) is 0.800. The Hall–Kier alpha value is -0.500. The molecule has 0 fully saturated rings. The molecule has 2 N–H and O–H groups in total. The van der Waals surface area contributed by atoms with Gasteiger partial charge in [-0.15, -0.1) is 0 Å². The lowest BCUT2D eigenvalue weighted by atomic mass is 9.86. The van der Waals surface area contributed by atoms with E-state index in [4.69, 9.17) is 0 Å². The van der Waals surface area contributed by atoms with Crippen molar-refractivity contribution >= 4 is 0 Å². The van der Waals surface area contributed by atoms with Gasteiger partial charge >= 0.3 is 0 Å². The van der Waals surface area contributed by atoms with E-state index in [-0.39, 0.29) is 5.41 Å². The maximum Gasteiger partial charge on any atom is 0.0430 e. The van der Waals surface area contributed by atoms with E-state index in [2.05, 4.69) is 38.0 Å². The summed E-state index contributed by atoms with van der Waals surface area (Å²) >= 11 is 0. The molecule has 72 valence electrons. The zero-order valence-corrected chi connectivity index (χ0v) is 8.99. The second kappa shape index (κ2) is 4.51. The molecular formula is C10H22N2. The van der Waals surface area contributed by atoms with Crippen LogP contribution in [0.1, 0.15) is 27.7 Å². The highest BCUT2D eigenvalue weighted by Gasteiger charge is 2.22. The monoisotopic (exact) mass is 170 g/mol. The Labute approximate surface area is 76.4 Å². The Morgan fingerprint density at radius 3 is 2.17 bits per heavy atom. The van der Waals surface area contributed by atoms with E-state index in [0.29, 0.717) is 6.04 Å². The molecule has 0 spiro atoms. The Bertz CT molecular complexity index is 144. The molecule has 0 heterocycles. The Balaban J connectivity index is 4.13. The zero-order valence-electron chi connectivity index (χ0n) is 8.99. The van der Waals surface area contributed by atoms with Crippen molar-refractivity contribution in [3.8, 4) is 0 Å². The van der Waals surface area contributed by atoms with E-state index in [9.17, 15) is 0 Å². The Morgan fingerprint density at radius 2 is 1.92 bits per heavy atom. The summed E-state index contributed by atoms with van der Waals surface area (Å²) < 4.78 is 0. The van der Waals surface area contributed by atoms with Gasteiger partial charge in [0.15, 0.2) is 0 Å². The average Bonchev–Trinajstić information content (AvgIpc) is 1.83. The standard InChI is InChI=1S/C10H22N2/c1-8(2)12-9(7-11-6)10(3,4)5/h9,11-12H,1,7H2,2-6H3. The van der Waals surface area contributed by atoms with Gasteiger partial charge in [-0.05, 0) is 19.4 Å². The van der Waals surface area contributed by atoms with Gasteiger partial charge in [0.2, 0.25) is 0 Å². The third kappa shape index (κ3) is 4.39. The van der Waals surface area contributed by atoms with Gasteiger partial charge in [0, 0.05) is 18.3 Å². The molecule has 0 saturated carbocycles. The third-order valence-electron chi connectivity index (χ3n) is 1.87. The summed E-state index contributed by atoms with van der Waals surface area (Å²) in [6.45, 7) is 13.5. The summed E-state index contributed by atoms with van der Waals surface area (Å²) in [5, 5.41) is 6.54. The van der Waals surface area contributed by atoms with Crippen LogP contribution in [0.4, 0.5) is 0 Å². The number of allylic oxidation sites excluding steroid dienone is 1. The molecule has 0 saturated heterocycles. The molecule has 0 aromatic carbocycles. The second-order valence-electron chi connectivity index (χ2n) is 4.40. The topological polar surface area (TPSA) is 24.1 Å². The van der Waals surface area contributed by atoms with Gasteiger partial charge in [0.25, 0.3) is 0 Å². The van der Waals surface area contributed by atoms with Gasteiger partial charge in [-0.3, -0.25) is 0 Å². The number of nitrogens with one attached hydrogen (secondary N) is 2. The second-order valence-corrected chi connectivity index (χ2v) is 4.40. The van der Waals surface area contributed by atoms with Gasteiger partial charge < -0.3 is 10.6 Å². The van der Waals surface area contributed by atoms with Crippen LogP contribution in [0.2, 0.25) is 0 Å². The minimum Gasteiger partial charge on any atom is -0.385 e. The van der Waals surface area contributed by atoms with Crippen LogP contribution in [-0.2, 0) is 0 Å². The van der Waals surface area contributed by atoms with Crippen LogP contribution in [0.25, 0.3) is 0 Å². The molecule has 0 aromatic heterocycles. The van der Waals surface area contributed by atoms with Gasteiger partial charge in [-0.2, -0.15) is 0 Å². The van der Waals surface area contributed by atoms with E-state index in [1.807, 2.05) is 14.0 Å². The maximum atomic E-state index is 3.85. The lowest BCUT2D eigenvalue weighted by Crippen LogP contribution is -2.45. The first-order valence-electron chi connectivity index (χ1n) is 4.44. The first kappa shape index (κ1) is 11.5. The van der Waals surface area contributed by atoms with Crippen molar-refractivity contribution in [1.82, 2.24) is 10.6 Å². The van der Waals surface area contributed by atoms with Crippen molar-refractivity contribution in [3.63, 3.8) is 0 Å². The third-order valence-corrected chi connectivity index (χ3v) is 1.87. The summed E-state index contributed by atoms with van der Waals surface area (Å²) in [5.74, 6) is 0. The molecule has 0 aromatic rings. The molecule has 0 bridgehead atoms. The lowest BCUT2D eigenvalue weighted by molar-refractivity contribution is 0.279. The maximum absolute atomic E-state index is 3.85. The van der Waals surface area contributed by atoms with E-state index in [0.717, 1.165) is 12.2 Å². The minimum atomic E-state index is 0.266. The molecule has 0 aliphatic rings. The van der Waals surface area contributed by atoms with Gasteiger partial charge in [-0.25, -0.2) is 0 Å². The molecule has 1 unspecified atom stereocenters. The molecule has 0 radical (unpaired) electrons. The highest BCUT2D eigenvalue weighted by molar-refractivity contribution is 4.93. The predicted octanol–water partition coefficient (Wildman–Crippen LogP) is 1.74. The van der Waals surface area contributed by atoms with Gasteiger partial charge in [-0.1, -0.05) is 27.4 Å². The van der Waals surface area contributed by atoms with E-state index in [1.165, 1.54) is 0 Å². The SMILES string of the molecule is C=C(C)NC(CNC)C(C)(C)C. The van der Waals surface area contributed by atoms with Crippen LogP contribution in [0.15, 0.2) is 12.3 Å². The molecule has 0 aliphatic carbocycles. The Morgan fingerprint density at radius 1 is 1.42 bits per heavy atom. The highest BCUT2D eigenvalue weighted by Crippen LogP contribution is 2.19. The molecule has 2 nitrogen and oxygen atoms in total. The fourth-order valence-electron chi connectivity index (χ4n) is 1.08. The Kier molecular flexibility index (Phi) is 4.32. The van der Waals surface area contributed by atoms with Crippen LogP contribution in [-0.4, -0.2) is 19.6 Å². The first-order chi connectivity index (χ1) is 5.38. The first-order valence-corrected chi connectivity index (χ1v) is 4.44. The van der Waals surface area contributed by atoms with Crippen LogP contribution in [0.5, 0.6) is 0 Å². The highest BCUT2D eigenvalue weighted by atomic mass is 15.0. The van der Waals surface area contributed by atoms with Gasteiger partial charge in [0.05, 0.1) is 0 Å². The summed E-state index contributed by atoms with van der Waals surface area (Å²) in [5.41, 5.74) is 1.30. The minimum absolute atomic E-state index is 0.266.